The van der Waals surface area contributed by atoms with Gasteiger partial charge in [-0.3, -0.25) is 0 Å². The van der Waals surface area contributed by atoms with Crippen molar-refractivity contribution in [2.75, 3.05) is 7.11 Å². The lowest BCUT2D eigenvalue weighted by Crippen LogP contribution is -2.28. The maximum atomic E-state index is 13.8. The number of methoxy groups -OCH3 is 1. The minimum atomic E-state index is -0.569. The molecule has 1 aliphatic rings. The van der Waals surface area contributed by atoms with E-state index in [-0.39, 0.29) is 30.2 Å². The van der Waals surface area contributed by atoms with Gasteiger partial charge in [0.25, 0.3) is 0 Å². The monoisotopic (exact) mass is 418 g/mol. The molecule has 0 amide bonds. The summed E-state index contributed by atoms with van der Waals surface area (Å²) in [4.78, 5) is 4.75. The molecule has 0 bridgehead atoms. The predicted octanol–water partition coefficient (Wildman–Crippen LogP) is 2.99. The summed E-state index contributed by atoms with van der Waals surface area (Å²) in [6.07, 6.45) is 1.05. The van der Waals surface area contributed by atoms with E-state index in [1.165, 1.54) is 12.1 Å². The summed E-state index contributed by atoms with van der Waals surface area (Å²) in [6.45, 7) is 0. The number of hydrogen-bond donors (Lipinski definition) is 2. The van der Waals surface area contributed by atoms with Crippen LogP contribution in [0.1, 0.15) is 36.0 Å². The molecule has 0 saturated heterocycles. The van der Waals surface area contributed by atoms with Crippen molar-refractivity contribution in [1.29, 1.82) is 0 Å². The first-order chi connectivity index (χ1) is 13.5. The van der Waals surface area contributed by atoms with Gasteiger partial charge in [-0.2, -0.15) is 5.10 Å². The maximum Gasteiger partial charge on any atom is 0.155 e. The van der Waals surface area contributed by atoms with Crippen LogP contribution in [0.25, 0.3) is 5.69 Å². The molecule has 0 radical (unpaired) electrons. The molecule has 1 saturated carbocycles. The van der Waals surface area contributed by atoms with Crippen molar-refractivity contribution in [1.82, 2.24) is 14.8 Å². The zero-order valence-electron chi connectivity index (χ0n) is 16.0. The van der Waals surface area contributed by atoms with Crippen LogP contribution >= 0.6 is 12.4 Å². The van der Waals surface area contributed by atoms with Crippen LogP contribution in [0.5, 0.6) is 5.75 Å². The fraction of sp³-hybridized carbons (Fsp3) is 0.333. The number of nitrogens with two attached hydrogens (primary N) is 1. The number of hydrogen-bond acceptors (Lipinski definition) is 5. The van der Waals surface area contributed by atoms with Crippen LogP contribution in [0, 0.1) is 5.82 Å². The van der Waals surface area contributed by atoms with Crippen LogP contribution in [0.15, 0.2) is 48.5 Å². The van der Waals surface area contributed by atoms with Gasteiger partial charge in [0.05, 0.1) is 18.9 Å². The van der Waals surface area contributed by atoms with Gasteiger partial charge in [0.15, 0.2) is 5.82 Å². The molecule has 3 aromatic rings. The predicted molar refractivity (Wildman–Crippen MR) is 110 cm³/mol. The van der Waals surface area contributed by atoms with Gasteiger partial charge in [-0.15, -0.1) is 12.4 Å². The summed E-state index contributed by atoms with van der Waals surface area (Å²) in [5, 5.41) is 14.7. The Labute approximate surface area is 174 Å². The number of aromatic nitrogens is 3. The van der Waals surface area contributed by atoms with Gasteiger partial charge in [-0.1, -0.05) is 24.3 Å². The average molecular weight is 419 g/mol. The highest BCUT2D eigenvalue weighted by molar-refractivity contribution is 5.85. The Bertz CT molecular complexity index is 971. The van der Waals surface area contributed by atoms with E-state index in [0.717, 1.165) is 11.3 Å². The summed E-state index contributed by atoms with van der Waals surface area (Å²) in [6, 6.07) is 13.7. The lowest BCUT2D eigenvalue weighted by atomic mass is 10.1. The van der Waals surface area contributed by atoms with Crippen LogP contribution in [0.2, 0.25) is 0 Å². The van der Waals surface area contributed by atoms with E-state index in [1.54, 1.807) is 23.9 Å². The molecule has 0 spiro atoms. The van der Waals surface area contributed by atoms with Gasteiger partial charge in [0, 0.05) is 23.9 Å². The maximum absolute atomic E-state index is 13.8. The zero-order valence-corrected chi connectivity index (χ0v) is 16.8. The molecule has 1 heterocycles. The lowest BCUT2D eigenvalue weighted by molar-refractivity contribution is 0.163. The highest BCUT2D eigenvalue weighted by Crippen LogP contribution is 2.34. The highest BCUT2D eigenvalue weighted by Gasteiger charge is 2.35. The Hall–Kier alpha value is -2.48. The van der Waals surface area contributed by atoms with Crippen molar-refractivity contribution in [2.24, 2.45) is 5.73 Å². The summed E-state index contributed by atoms with van der Waals surface area (Å²) < 4.78 is 20.9. The first kappa shape index (κ1) is 21.2. The van der Waals surface area contributed by atoms with E-state index in [1.807, 2.05) is 24.3 Å². The molecular weight excluding hydrogens is 395 g/mol. The Morgan fingerprint density at radius 1 is 1.21 bits per heavy atom. The van der Waals surface area contributed by atoms with Gasteiger partial charge >= 0.3 is 0 Å². The SMILES string of the molecule is COc1ccccc1Cc1nc([C@H]2C[C@@H](N)[C@H](O)C2)n(-c2cccc(F)c2)n1.Cl. The molecule has 4 rings (SSSR count). The minimum Gasteiger partial charge on any atom is -0.496 e. The molecule has 1 fully saturated rings. The molecule has 6 nitrogen and oxygen atoms in total. The van der Waals surface area contributed by atoms with Crippen molar-refractivity contribution in [3.05, 3.63) is 71.6 Å². The van der Waals surface area contributed by atoms with Gasteiger partial charge in [0.1, 0.15) is 17.4 Å². The lowest BCUT2D eigenvalue weighted by Gasteiger charge is -2.11. The summed E-state index contributed by atoms with van der Waals surface area (Å²) >= 11 is 0. The molecule has 0 unspecified atom stereocenters. The van der Waals surface area contributed by atoms with Crippen LogP contribution in [-0.2, 0) is 6.42 Å². The average Bonchev–Trinajstić information content (AvgIpc) is 3.25. The number of aliphatic hydroxyl groups excluding tert-OH is 1. The molecular formula is C21H24ClFN4O2. The van der Waals surface area contributed by atoms with Crippen LogP contribution in [0.3, 0.4) is 0 Å². The van der Waals surface area contributed by atoms with Crippen molar-refractivity contribution in [2.45, 2.75) is 37.3 Å². The van der Waals surface area contributed by atoms with E-state index in [2.05, 4.69) is 5.10 Å². The van der Waals surface area contributed by atoms with Gasteiger partial charge in [-0.25, -0.2) is 14.1 Å². The van der Waals surface area contributed by atoms with Crippen molar-refractivity contribution < 1.29 is 14.2 Å². The number of para-hydroxylation sites is 1. The van der Waals surface area contributed by atoms with Crippen molar-refractivity contribution in [3.63, 3.8) is 0 Å². The Balaban J connectivity index is 0.00000240. The van der Waals surface area contributed by atoms with E-state index in [0.29, 0.717) is 36.6 Å². The largest absolute Gasteiger partial charge is 0.496 e. The Kier molecular flexibility index (Phi) is 6.52. The van der Waals surface area contributed by atoms with Crippen LogP contribution < -0.4 is 10.5 Å². The number of nitrogens with zero attached hydrogens (tertiary/aromatic N) is 3. The molecule has 8 heteroatoms. The fourth-order valence-corrected chi connectivity index (χ4v) is 3.78. The zero-order chi connectivity index (χ0) is 19.7. The van der Waals surface area contributed by atoms with Crippen LogP contribution in [0.4, 0.5) is 4.39 Å². The first-order valence-electron chi connectivity index (χ1n) is 9.32. The number of aliphatic hydroxyl groups is 1. The smallest absolute Gasteiger partial charge is 0.155 e. The van der Waals surface area contributed by atoms with Gasteiger partial charge < -0.3 is 15.6 Å². The number of ether oxygens (including phenoxy) is 1. The fourth-order valence-electron chi connectivity index (χ4n) is 3.78. The summed E-state index contributed by atoms with van der Waals surface area (Å²) in [5.74, 6) is 1.70. The van der Waals surface area contributed by atoms with E-state index in [4.69, 9.17) is 15.5 Å². The molecule has 154 valence electrons. The Morgan fingerprint density at radius 3 is 2.69 bits per heavy atom. The van der Waals surface area contributed by atoms with Gasteiger partial charge in [0.2, 0.25) is 0 Å². The second-order valence-corrected chi connectivity index (χ2v) is 7.17. The van der Waals surface area contributed by atoms with Crippen molar-refractivity contribution >= 4 is 12.4 Å². The van der Waals surface area contributed by atoms with E-state index < -0.39 is 6.10 Å². The van der Waals surface area contributed by atoms with E-state index >= 15 is 0 Å². The molecule has 2 aromatic carbocycles. The first-order valence-corrected chi connectivity index (χ1v) is 9.32. The topological polar surface area (TPSA) is 86.2 Å². The summed E-state index contributed by atoms with van der Waals surface area (Å²) in [7, 11) is 1.63. The third-order valence-electron chi connectivity index (χ3n) is 5.21. The Morgan fingerprint density at radius 2 is 2.00 bits per heavy atom. The highest BCUT2D eigenvalue weighted by atomic mass is 35.5. The standard InChI is InChI=1S/C21H23FN4O2.ClH/c1-28-19-8-3-2-5-13(19)11-20-24-21(14-9-17(23)18(27)10-14)26(25-20)16-7-4-6-15(22)12-16;/h2-8,12,14,17-18,27H,9-11,23H2,1H3;1H/t14-,17+,18+;/m0./s1. The second-order valence-electron chi connectivity index (χ2n) is 7.17. The number of halogens is 2. The molecule has 3 atom stereocenters. The third kappa shape index (κ3) is 4.42. The quantitative estimate of drug-likeness (QED) is 0.665. The van der Waals surface area contributed by atoms with Gasteiger partial charge in [-0.05, 0) is 37.1 Å². The molecule has 1 aliphatic carbocycles. The second kappa shape index (κ2) is 8.90. The summed E-state index contributed by atoms with van der Waals surface area (Å²) in [5.41, 5.74) is 7.57. The normalized spacial score (nSPS) is 21.0. The number of rotatable bonds is 5. The molecule has 0 aliphatic heterocycles. The molecule has 29 heavy (non-hydrogen) atoms. The third-order valence-corrected chi connectivity index (χ3v) is 5.21. The van der Waals surface area contributed by atoms with Crippen LogP contribution in [-0.4, -0.2) is 39.1 Å². The number of benzene rings is 2. The van der Waals surface area contributed by atoms with Crippen molar-refractivity contribution in [3.8, 4) is 11.4 Å². The molecule has 3 N–H and O–H groups in total. The molecule has 1 aromatic heterocycles. The minimum absolute atomic E-state index is 0. The van der Waals surface area contributed by atoms with E-state index in [9.17, 15) is 9.50 Å².